The van der Waals surface area contributed by atoms with Gasteiger partial charge in [-0.15, -0.1) is 0 Å². The van der Waals surface area contributed by atoms with Gasteiger partial charge in [-0.2, -0.15) is 5.26 Å². The largest absolute Gasteiger partial charge is 0.412 e. The number of nitrogens with zero attached hydrogens (tertiary/aromatic N) is 1. The van der Waals surface area contributed by atoms with Crippen LogP contribution in [0.25, 0.3) is 0 Å². The fourth-order valence-corrected chi connectivity index (χ4v) is 0.118. The van der Waals surface area contributed by atoms with Gasteiger partial charge in [0.1, 0.15) is 0 Å². The molecule has 0 aliphatic rings. The lowest BCUT2D eigenvalue weighted by Gasteiger charge is -1.52. The Hall–Kier alpha value is -1.77. The molecule has 2 N–H and O–H groups in total. The van der Waals surface area contributed by atoms with E-state index in [2.05, 4.69) is 31.6 Å². The lowest BCUT2D eigenvalue weighted by atomic mass is 10.5. The summed E-state index contributed by atoms with van der Waals surface area (Å²) in [6.45, 7) is 9.87. The van der Waals surface area contributed by atoms with Crippen LogP contribution < -0.4 is 0 Å². The van der Waals surface area contributed by atoms with Gasteiger partial charge in [0.05, 0.1) is 6.07 Å². The zero-order chi connectivity index (χ0) is 8.24. The predicted molar refractivity (Wildman–Crippen MR) is 47.6 cm³/mol. The monoisotopic (exact) mass is 149 g/mol. The zero-order valence-corrected chi connectivity index (χ0v) is 6.30. The Bertz CT molecular complexity index is 188. The van der Waals surface area contributed by atoms with Gasteiger partial charge in [0.15, 0.2) is 0 Å². The highest BCUT2D eigenvalue weighted by atomic mass is 16.0. The third-order valence-corrected chi connectivity index (χ3v) is 0.379. The minimum absolute atomic E-state index is 0. The molecule has 0 amide bonds. The Morgan fingerprint density at radius 2 is 1.18 bits per heavy atom. The van der Waals surface area contributed by atoms with E-state index in [0.29, 0.717) is 0 Å². The summed E-state index contributed by atoms with van der Waals surface area (Å²) < 4.78 is 0. The first-order valence-electron chi connectivity index (χ1n) is 2.56. The minimum atomic E-state index is 0. The molecule has 0 bridgehead atoms. The summed E-state index contributed by atoms with van der Waals surface area (Å²) in [7, 11) is 0. The van der Waals surface area contributed by atoms with Crippen LogP contribution in [0.3, 0.4) is 0 Å². The molecule has 11 heavy (non-hydrogen) atoms. The molecule has 0 aromatic rings. The van der Waals surface area contributed by atoms with E-state index in [1.807, 2.05) is 0 Å². The molecule has 0 aliphatic carbocycles. The van der Waals surface area contributed by atoms with Crippen molar-refractivity contribution in [3.05, 3.63) is 38.0 Å². The summed E-state index contributed by atoms with van der Waals surface area (Å²) in [6.07, 6.45) is 4.24. The molecular formula is C9H11NO. The molecular weight excluding hydrogens is 138 g/mol. The first kappa shape index (κ1) is 16.1. The lowest BCUT2D eigenvalue weighted by molar-refractivity contribution is 0.824. The summed E-state index contributed by atoms with van der Waals surface area (Å²) in [6, 6.07) is 1.69. The van der Waals surface area contributed by atoms with Crippen molar-refractivity contribution in [2.75, 3.05) is 0 Å². The third kappa shape index (κ3) is 64.2. The van der Waals surface area contributed by atoms with Crippen LogP contribution in [0.1, 0.15) is 0 Å². The molecule has 2 nitrogen and oxygen atoms in total. The smallest absolute Gasteiger partial charge is 0.0905 e. The van der Waals surface area contributed by atoms with E-state index in [1.165, 1.54) is 18.2 Å². The Morgan fingerprint density at radius 3 is 1.27 bits per heavy atom. The van der Waals surface area contributed by atoms with Crippen molar-refractivity contribution in [2.45, 2.75) is 0 Å². The lowest BCUT2D eigenvalue weighted by Crippen LogP contribution is -1.39. The summed E-state index contributed by atoms with van der Waals surface area (Å²) in [5.74, 6) is 5.19. The van der Waals surface area contributed by atoms with Crippen molar-refractivity contribution < 1.29 is 5.48 Å². The Labute approximate surface area is 67.5 Å². The van der Waals surface area contributed by atoms with E-state index in [1.54, 1.807) is 6.07 Å². The number of allylic oxidation sites excluding steroid dienone is 3. The molecule has 2 heteroatoms. The van der Waals surface area contributed by atoms with E-state index in [-0.39, 0.29) is 5.48 Å². The SMILES string of the molecule is C=CC#CC=C.C=CC#N.O. The van der Waals surface area contributed by atoms with Crippen LogP contribution in [0.4, 0.5) is 0 Å². The Balaban J connectivity index is -0.000000114. The fourth-order valence-electron chi connectivity index (χ4n) is 0.118. The number of hydrogen-bond acceptors (Lipinski definition) is 1. The summed E-state index contributed by atoms with van der Waals surface area (Å²) in [5, 5.41) is 7.51. The maximum Gasteiger partial charge on any atom is 0.0905 e. The molecule has 0 heterocycles. The van der Waals surface area contributed by atoms with E-state index < -0.39 is 0 Å². The van der Waals surface area contributed by atoms with Gasteiger partial charge in [0.25, 0.3) is 0 Å². The molecule has 0 fully saturated rings. The van der Waals surface area contributed by atoms with Gasteiger partial charge in [-0.05, 0) is 12.2 Å². The molecule has 0 aromatic carbocycles. The molecule has 0 aliphatic heterocycles. The molecule has 0 radical (unpaired) electrons. The molecule has 0 aromatic heterocycles. The average molecular weight is 149 g/mol. The second-order valence-electron chi connectivity index (χ2n) is 1.03. The van der Waals surface area contributed by atoms with Crippen LogP contribution in [0.2, 0.25) is 0 Å². The summed E-state index contributed by atoms with van der Waals surface area (Å²) in [5.41, 5.74) is 0. The van der Waals surface area contributed by atoms with Gasteiger partial charge in [0, 0.05) is 6.08 Å². The summed E-state index contributed by atoms with van der Waals surface area (Å²) in [4.78, 5) is 0. The normalized spacial score (nSPS) is 3.91. The van der Waals surface area contributed by atoms with Gasteiger partial charge in [-0.3, -0.25) is 0 Å². The number of rotatable bonds is 0. The van der Waals surface area contributed by atoms with Crippen LogP contribution in [0.5, 0.6) is 0 Å². The van der Waals surface area contributed by atoms with E-state index >= 15 is 0 Å². The minimum Gasteiger partial charge on any atom is -0.412 e. The predicted octanol–water partition coefficient (Wildman–Crippen LogP) is 1.23. The van der Waals surface area contributed by atoms with E-state index in [0.717, 1.165) is 0 Å². The molecule has 0 rings (SSSR count). The van der Waals surface area contributed by atoms with Gasteiger partial charge < -0.3 is 5.48 Å². The van der Waals surface area contributed by atoms with Crippen LogP contribution in [0.15, 0.2) is 38.0 Å². The first-order valence-corrected chi connectivity index (χ1v) is 2.56. The van der Waals surface area contributed by atoms with Crippen molar-refractivity contribution in [3.63, 3.8) is 0 Å². The Kier molecular flexibility index (Phi) is 35.2. The van der Waals surface area contributed by atoms with Crippen molar-refractivity contribution in [1.82, 2.24) is 0 Å². The highest BCUT2D eigenvalue weighted by Gasteiger charge is 1.42. The fraction of sp³-hybridized carbons (Fsp3) is 0. The summed E-state index contributed by atoms with van der Waals surface area (Å²) >= 11 is 0. The maximum absolute atomic E-state index is 7.51. The van der Waals surface area contributed by atoms with E-state index in [4.69, 9.17) is 5.26 Å². The number of hydrogen-bond donors (Lipinski definition) is 0. The highest BCUT2D eigenvalue weighted by Crippen LogP contribution is 1.55. The topological polar surface area (TPSA) is 55.3 Å². The van der Waals surface area contributed by atoms with Crippen LogP contribution >= 0.6 is 0 Å². The van der Waals surface area contributed by atoms with Crippen LogP contribution in [0, 0.1) is 23.2 Å². The zero-order valence-electron chi connectivity index (χ0n) is 6.30. The quantitative estimate of drug-likeness (QED) is 0.377. The Morgan fingerprint density at radius 1 is 0.909 bits per heavy atom. The molecule has 58 valence electrons. The van der Waals surface area contributed by atoms with E-state index in [9.17, 15) is 0 Å². The van der Waals surface area contributed by atoms with Gasteiger partial charge in [-0.1, -0.05) is 31.6 Å². The van der Waals surface area contributed by atoms with Gasteiger partial charge in [-0.25, -0.2) is 0 Å². The molecule has 0 saturated carbocycles. The van der Waals surface area contributed by atoms with Crippen molar-refractivity contribution >= 4 is 0 Å². The average Bonchev–Trinajstić information content (AvgIpc) is 2.01. The van der Waals surface area contributed by atoms with Crippen LogP contribution in [-0.4, -0.2) is 5.48 Å². The standard InChI is InChI=1S/C6H6.C3H3N.H2O/c1-3-5-6-4-2;1-2-3-4;/h3-4H,1-2H2;2H,1H2;1H2. The van der Waals surface area contributed by atoms with Crippen LogP contribution in [-0.2, 0) is 0 Å². The van der Waals surface area contributed by atoms with Crippen molar-refractivity contribution in [2.24, 2.45) is 0 Å². The third-order valence-electron chi connectivity index (χ3n) is 0.379. The van der Waals surface area contributed by atoms with Crippen molar-refractivity contribution in [1.29, 1.82) is 5.26 Å². The maximum atomic E-state index is 7.51. The molecule has 0 spiro atoms. The number of nitriles is 1. The van der Waals surface area contributed by atoms with Gasteiger partial charge in [0.2, 0.25) is 0 Å². The molecule has 0 unspecified atom stereocenters. The second-order valence-corrected chi connectivity index (χ2v) is 1.03. The molecule has 0 atom stereocenters. The van der Waals surface area contributed by atoms with Crippen molar-refractivity contribution in [3.8, 4) is 17.9 Å². The van der Waals surface area contributed by atoms with Gasteiger partial charge >= 0.3 is 0 Å². The molecule has 0 saturated heterocycles. The highest BCUT2D eigenvalue weighted by molar-refractivity contribution is 5.19. The second kappa shape index (κ2) is 24.0. The first-order chi connectivity index (χ1) is 4.83.